The molecule has 1 fully saturated rings. The molecule has 0 spiro atoms. The van der Waals surface area contributed by atoms with Crippen molar-refractivity contribution in [3.63, 3.8) is 0 Å². The minimum Gasteiger partial charge on any atom is -0.332 e. The maximum Gasteiger partial charge on any atom is 0.243 e. The Labute approximate surface area is 146 Å². The lowest BCUT2D eigenvalue weighted by Crippen LogP contribution is -3.14. The standard InChI is InChI=1S/C15H22BrN3O3S/c1-3-18-8-10-19(11-9-18)15(20)12-17(2)23(21,22)14-6-4-13(16)5-7-14/h4-7H,3,8-12H2,1-2H3/p+1. The van der Waals surface area contributed by atoms with Gasteiger partial charge in [0.1, 0.15) is 0 Å². The second-order valence-corrected chi connectivity index (χ2v) is 8.66. The van der Waals surface area contributed by atoms with E-state index in [0.717, 1.165) is 28.4 Å². The Balaban J connectivity index is 1.99. The number of rotatable bonds is 5. The van der Waals surface area contributed by atoms with Gasteiger partial charge < -0.3 is 9.80 Å². The maximum absolute atomic E-state index is 12.5. The number of amides is 1. The lowest BCUT2D eigenvalue weighted by molar-refractivity contribution is -0.902. The number of nitrogens with one attached hydrogen (secondary N) is 1. The summed E-state index contributed by atoms with van der Waals surface area (Å²) in [6.07, 6.45) is 0. The molecule has 0 bridgehead atoms. The highest BCUT2D eigenvalue weighted by Gasteiger charge is 2.27. The number of carbonyl (C=O) groups is 1. The molecule has 6 nitrogen and oxygen atoms in total. The number of likely N-dealkylation sites (N-methyl/N-ethyl adjacent to an activating group) is 2. The van der Waals surface area contributed by atoms with Gasteiger partial charge in [-0.25, -0.2) is 8.42 Å². The number of piperazine rings is 1. The largest absolute Gasteiger partial charge is 0.332 e. The van der Waals surface area contributed by atoms with E-state index in [9.17, 15) is 13.2 Å². The zero-order valence-electron chi connectivity index (χ0n) is 13.5. The molecule has 0 radical (unpaired) electrons. The van der Waals surface area contributed by atoms with E-state index in [2.05, 4.69) is 22.9 Å². The fourth-order valence-corrected chi connectivity index (χ4v) is 3.97. The van der Waals surface area contributed by atoms with Crippen LogP contribution in [0.2, 0.25) is 0 Å². The summed E-state index contributed by atoms with van der Waals surface area (Å²) in [5.74, 6) is -0.136. The van der Waals surface area contributed by atoms with Gasteiger partial charge in [-0.3, -0.25) is 4.79 Å². The Morgan fingerprint density at radius 3 is 2.35 bits per heavy atom. The molecule has 0 saturated carbocycles. The lowest BCUT2D eigenvalue weighted by atomic mass is 10.3. The van der Waals surface area contributed by atoms with Crippen LogP contribution >= 0.6 is 15.9 Å². The molecule has 1 heterocycles. The number of hydrogen-bond acceptors (Lipinski definition) is 3. The first-order valence-corrected chi connectivity index (χ1v) is 9.91. The van der Waals surface area contributed by atoms with Crippen molar-refractivity contribution < 1.29 is 18.1 Å². The Hall–Kier alpha value is -0.960. The molecule has 1 aromatic rings. The van der Waals surface area contributed by atoms with Crippen molar-refractivity contribution in [3.05, 3.63) is 28.7 Å². The fourth-order valence-electron chi connectivity index (χ4n) is 2.59. The molecule has 0 aromatic heterocycles. The Bertz CT molecular complexity index is 640. The van der Waals surface area contributed by atoms with Gasteiger partial charge in [-0.2, -0.15) is 4.31 Å². The quantitative estimate of drug-likeness (QED) is 0.739. The summed E-state index contributed by atoms with van der Waals surface area (Å²) in [7, 11) is -2.20. The molecule has 1 aromatic carbocycles. The summed E-state index contributed by atoms with van der Waals surface area (Å²) in [4.78, 5) is 15.8. The van der Waals surface area contributed by atoms with Crippen LogP contribution in [0, 0.1) is 0 Å². The van der Waals surface area contributed by atoms with Crippen molar-refractivity contribution in [1.82, 2.24) is 9.21 Å². The monoisotopic (exact) mass is 404 g/mol. The van der Waals surface area contributed by atoms with Crippen molar-refractivity contribution in [2.75, 3.05) is 46.3 Å². The molecule has 1 aliphatic heterocycles. The van der Waals surface area contributed by atoms with Crippen molar-refractivity contribution in [1.29, 1.82) is 0 Å². The number of nitrogens with zero attached hydrogens (tertiary/aromatic N) is 2. The lowest BCUT2D eigenvalue weighted by Gasteiger charge is -2.32. The number of hydrogen-bond donors (Lipinski definition) is 1. The van der Waals surface area contributed by atoms with Crippen molar-refractivity contribution in [2.24, 2.45) is 0 Å². The van der Waals surface area contributed by atoms with Crippen LogP contribution in [0.1, 0.15) is 6.92 Å². The zero-order chi connectivity index (χ0) is 17.0. The molecule has 0 aliphatic carbocycles. The van der Waals surface area contributed by atoms with Gasteiger partial charge in [0.05, 0.1) is 44.2 Å². The first kappa shape index (κ1) is 18.4. The number of sulfonamides is 1. The summed E-state index contributed by atoms with van der Waals surface area (Å²) >= 11 is 3.28. The first-order valence-electron chi connectivity index (χ1n) is 7.68. The van der Waals surface area contributed by atoms with E-state index < -0.39 is 10.0 Å². The zero-order valence-corrected chi connectivity index (χ0v) is 15.9. The highest BCUT2D eigenvalue weighted by atomic mass is 79.9. The molecule has 1 N–H and O–H groups in total. The van der Waals surface area contributed by atoms with Crippen molar-refractivity contribution in [2.45, 2.75) is 11.8 Å². The van der Waals surface area contributed by atoms with Crippen LogP contribution in [0.25, 0.3) is 0 Å². The summed E-state index contributed by atoms with van der Waals surface area (Å²) in [5, 5.41) is 0. The van der Waals surface area contributed by atoms with Gasteiger partial charge in [0.2, 0.25) is 15.9 Å². The predicted octanol–water partition coefficient (Wildman–Crippen LogP) is -0.183. The number of benzene rings is 1. The summed E-state index contributed by atoms with van der Waals surface area (Å²) in [6, 6.07) is 6.41. The van der Waals surface area contributed by atoms with Crippen LogP contribution < -0.4 is 4.90 Å². The highest BCUT2D eigenvalue weighted by Crippen LogP contribution is 2.17. The fraction of sp³-hybridized carbons (Fsp3) is 0.533. The molecule has 23 heavy (non-hydrogen) atoms. The molecule has 0 atom stereocenters. The molecule has 1 amide bonds. The van der Waals surface area contributed by atoms with Gasteiger partial charge in [0.25, 0.3) is 0 Å². The number of quaternary nitrogens is 1. The molecule has 2 rings (SSSR count). The Morgan fingerprint density at radius 1 is 1.26 bits per heavy atom. The maximum atomic E-state index is 12.5. The summed E-state index contributed by atoms with van der Waals surface area (Å²) in [6.45, 7) is 6.28. The van der Waals surface area contributed by atoms with Crippen LogP contribution in [0.3, 0.4) is 0 Å². The van der Waals surface area contributed by atoms with Gasteiger partial charge in [-0.1, -0.05) is 15.9 Å². The van der Waals surface area contributed by atoms with E-state index >= 15 is 0 Å². The first-order chi connectivity index (χ1) is 10.8. The average Bonchev–Trinajstić information content (AvgIpc) is 2.55. The van der Waals surface area contributed by atoms with E-state index in [4.69, 9.17) is 0 Å². The van der Waals surface area contributed by atoms with E-state index in [1.54, 1.807) is 17.0 Å². The van der Waals surface area contributed by atoms with Crippen molar-refractivity contribution >= 4 is 31.9 Å². The van der Waals surface area contributed by atoms with E-state index in [-0.39, 0.29) is 17.3 Å². The van der Waals surface area contributed by atoms with E-state index in [0.29, 0.717) is 13.1 Å². The van der Waals surface area contributed by atoms with Crippen LogP contribution in [0.4, 0.5) is 0 Å². The van der Waals surface area contributed by atoms with Gasteiger partial charge in [-0.05, 0) is 31.2 Å². The van der Waals surface area contributed by atoms with Gasteiger partial charge in [0, 0.05) is 11.5 Å². The molecule has 1 saturated heterocycles. The average molecular weight is 405 g/mol. The molecular weight excluding hydrogens is 382 g/mol. The third kappa shape index (κ3) is 4.53. The van der Waals surface area contributed by atoms with Gasteiger partial charge in [-0.15, -0.1) is 0 Å². The van der Waals surface area contributed by atoms with Crippen LogP contribution in [-0.4, -0.2) is 69.8 Å². The number of carbonyl (C=O) groups excluding carboxylic acids is 1. The third-order valence-electron chi connectivity index (χ3n) is 4.20. The van der Waals surface area contributed by atoms with Gasteiger partial charge >= 0.3 is 0 Å². The van der Waals surface area contributed by atoms with Crippen LogP contribution in [-0.2, 0) is 14.8 Å². The molecule has 0 unspecified atom stereocenters. The SMILES string of the molecule is CC[NH+]1CCN(C(=O)CN(C)S(=O)(=O)c2ccc(Br)cc2)CC1. The summed E-state index contributed by atoms with van der Waals surface area (Å²) in [5.41, 5.74) is 0. The molecule has 8 heteroatoms. The Morgan fingerprint density at radius 2 is 1.83 bits per heavy atom. The second-order valence-electron chi connectivity index (χ2n) is 5.70. The summed E-state index contributed by atoms with van der Waals surface area (Å²) < 4.78 is 26.9. The Kier molecular flexibility index (Phi) is 6.19. The van der Waals surface area contributed by atoms with E-state index in [1.165, 1.54) is 24.1 Å². The second kappa shape index (κ2) is 7.74. The van der Waals surface area contributed by atoms with Crippen LogP contribution in [0.5, 0.6) is 0 Å². The minimum atomic E-state index is -3.65. The topological polar surface area (TPSA) is 62.1 Å². The normalized spacial score (nSPS) is 16.8. The molecular formula is C15H23BrN3O3S+. The molecule has 128 valence electrons. The smallest absolute Gasteiger partial charge is 0.243 e. The van der Waals surface area contributed by atoms with Crippen molar-refractivity contribution in [3.8, 4) is 0 Å². The van der Waals surface area contributed by atoms with Crippen LogP contribution in [0.15, 0.2) is 33.6 Å². The molecule has 1 aliphatic rings. The minimum absolute atomic E-state index is 0.125. The highest BCUT2D eigenvalue weighted by molar-refractivity contribution is 9.10. The number of halogens is 1. The third-order valence-corrected chi connectivity index (χ3v) is 6.55. The predicted molar refractivity (Wildman–Crippen MR) is 91.8 cm³/mol. The van der Waals surface area contributed by atoms with E-state index in [1.807, 2.05) is 0 Å². The van der Waals surface area contributed by atoms with Gasteiger partial charge in [0.15, 0.2) is 0 Å².